The summed E-state index contributed by atoms with van der Waals surface area (Å²) in [6, 6.07) is 1.89. The molecule has 0 aliphatic carbocycles. The van der Waals surface area contributed by atoms with Crippen molar-refractivity contribution < 1.29 is 4.74 Å². The number of hydrogen-bond donors (Lipinski definition) is 1. The van der Waals surface area contributed by atoms with Gasteiger partial charge >= 0.3 is 0 Å². The van der Waals surface area contributed by atoms with E-state index < -0.39 is 0 Å². The molecule has 52 valence electrons. The van der Waals surface area contributed by atoms with Crippen LogP contribution >= 0.6 is 0 Å². The average Bonchev–Trinajstić information content (AvgIpc) is 2.05. The first-order valence-corrected chi connectivity index (χ1v) is 3.23. The molecule has 0 saturated carbocycles. The lowest BCUT2D eigenvalue weighted by atomic mass is 10.2. The summed E-state index contributed by atoms with van der Waals surface area (Å²) in [4.78, 5) is 3.98. The summed E-state index contributed by atoms with van der Waals surface area (Å²) in [5, 5.41) is 3.08. The molecule has 3 heteroatoms. The van der Waals surface area contributed by atoms with Crippen molar-refractivity contribution in [1.82, 2.24) is 10.3 Å². The molecule has 0 atom stereocenters. The van der Waals surface area contributed by atoms with Crippen molar-refractivity contribution in [2.45, 2.75) is 6.54 Å². The predicted octanol–water partition coefficient (Wildman–Crippen LogP) is 0.521. The van der Waals surface area contributed by atoms with Crippen LogP contribution in [0.3, 0.4) is 0 Å². The molecule has 10 heavy (non-hydrogen) atoms. The molecule has 0 amide bonds. The summed E-state index contributed by atoms with van der Waals surface area (Å²) in [6.45, 7) is 1.47. The van der Waals surface area contributed by atoms with Crippen LogP contribution in [0.25, 0.3) is 0 Å². The molecule has 0 fully saturated rings. The Morgan fingerprint density at radius 1 is 1.60 bits per heavy atom. The van der Waals surface area contributed by atoms with Crippen molar-refractivity contribution in [3.05, 3.63) is 24.0 Å². The van der Waals surface area contributed by atoms with Gasteiger partial charge in [0, 0.05) is 24.5 Å². The second-order valence-electron chi connectivity index (χ2n) is 2.20. The fraction of sp³-hybridized carbons (Fsp3) is 0.286. The van der Waals surface area contributed by atoms with Crippen molar-refractivity contribution in [1.29, 1.82) is 0 Å². The molecule has 0 bridgehead atoms. The fourth-order valence-electron chi connectivity index (χ4n) is 1.00. The molecular formula is C7H8N2O. The zero-order valence-electron chi connectivity index (χ0n) is 5.50. The second kappa shape index (κ2) is 2.27. The van der Waals surface area contributed by atoms with E-state index in [4.69, 9.17) is 4.74 Å². The van der Waals surface area contributed by atoms with Crippen molar-refractivity contribution in [2.24, 2.45) is 0 Å². The van der Waals surface area contributed by atoms with Gasteiger partial charge < -0.3 is 4.74 Å². The minimum atomic E-state index is 0.608. The number of pyridine rings is 1. The van der Waals surface area contributed by atoms with E-state index in [0.717, 1.165) is 17.9 Å². The average molecular weight is 136 g/mol. The van der Waals surface area contributed by atoms with Crippen LogP contribution in [-0.2, 0) is 6.54 Å². The van der Waals surface area contributed by atoms with E-state index in [2.05, 4.69) is 10.3 Å². The first-order valence-electron chi connectivity index (χ1n) is 3.23. The molecule has 0 radical (unpaired) electrons. The van der Waals surface area contributed by atoms with Gasteiger partial charge in [0.2, 0.25) is 0 Å². The Kier molecular flexibility index (Phi) is 1.29. The van der Waals surface area contributed by atoms with Crippen LogP contribution in [0.4, 0.5) is 0 Å². The number of ether oxygens (including phenoxy) is 1. The van der Waals surface area contributed by atoms with Gasteiger partial charge in [-0.05, 0) is 6.07 Å². The molecule has 1 aromatic heterocycles. The number of aromatic nitrogens is 1. The van der Waals surface area contributed by atoms with Gasteiger partial charge in [-0.3, -0.25) is 10.3 Å². The highest BCUT2D eigenvalue weighted by Gasteiger charge is 2.06. The van der Waals surface area contributed by atoms with E-state index in [0.29, 0.717) is 6.73 Å². The second-order valence-corrected chi connectivity index (χ2v) is 2.20. The molecule has 0 aromatic carbocycles. The molecule has 0 spiro atoms. The Bertz CT molecular complexity index is 212. The van der Waals surface area contributed by atoms with Gasteiger partial charge in [0.1, 0.15) is 12.5 Å². The largest absolute Gasteiger partial charge is 0.478 e. The Balaban J connectivity index is 2.41. The van der Waals surface area contributed by atoms with Gasteiger partial charge in [-0.1, -0.05) is 0 Å². The van der Waals surface area contributed by atoms with E-state index in [-0.39, 0.29) is 0 Å². The van der Waals surface area contributed by atoms with E-state index in [1.54, 1.807) is 6.20 Å². The monoisotopic (exact) mass is 136 g/mol. The highest BCUT2D eigenvalue weighted by Crippen LogP contribution is 2.17. The van der Waals surface area contributed by atoms with E-state index in [1.165, 1.54) is 0 Å². The summed E-state index contributed by atoms with van der Waals surface area (Å²) < 4.78 is 5.27. The lowest BCUT2D eigenvalue weighted by Gasteiger charge is -2.16. The van der Waals surface area contributed by atoms with Gasteiger partial charge in [-0.2, -0.15) is 0 Å². The minimum absolute atomic E-state index is 0.608. The van der Waals surface area contributed by atoms with Crippen LogP contribution in [0, 0.1) is 0 Å². The summed E-state index contributed by atoms with van der Waals surface area (Å²) >= 11 is 0. The Morgan fingerprint density at radius 3 is 3.50 bits per heavy atom. The lowest BCUT2D eigenvalue weighted by Crippen LogP contribution is -2.25. The maximum Gasteiger partial charge on any atom is 0.139 e. The van der Waals surface area contributed by atoms with E-state index >= 15 is 0 Å². The SMILES string of the molecule is c1cc2c(cn1)CNCO2. The third-order valence-corrected chi connectivity index (χ3v) is 1.50. The van der Waals surface area contributed by atoms with Gasteiger partial charge in [-0.25, -0.2) is 0 Å². The van der Waals surface area contributed by atoms with E-state index in [9.17, 15) is 0 Å². The van der Waals surface area contributed by atoms with Gasteiger partial charge in [0.15, 0.2) is 0 Å². The fourth-order valence-corrected chi connectivity index (χ4v) is 1.00. The Morgan fingerprint density at radius 2 is 2.60 bits per heavy atom. The molecular weight excluding hydrogens is 128 g/mol. The predicted molar refractivity (Wildman–Crippen MR) is 36.6 cm³/mol. The maximum atomic E-state index is 5.27. The van der Waals surface area contributed by atoms with Crippen LogP contribution in [0.15, 0.2) is 18.5 Å². The normalized spacial score (nSPS) is 15.6. The molecule has 1 aromatic rings. The van der Waals surface area contributed by atoms with Gasteiger partial charge in [0.05, 0.1) is 0 Å². The number of hydrogen-bond acceptors (Lipinski definition) is 3. The zero-order chi connectivity index (χ0) is 6.81. The first-order chi connectivity index (χ1) is 4.97. The standard InChI is InChI=1S/C7H8N2O/c1-2-8-3-6-4-9-5-10-7(1)6/h1-3,9H,4-5H2. The number of rotatable bonds is 0. The summed E-state index contributed by atoms with van der Waals surface area (Å²) in [5.41, 5.74) is 1.13. The maximum absolute atomic E-state index is 5.27. The number of fused-ring (bicyclic) bond motifs is 1. The number of nitrogens with one attached hydrogen (secondary N) is 1. The molecule has 3 nitrogen and oxygen atoms in total. The third-order valence-electron chi connectivity index (χ3n) is 1.50. The highest BCUT2D eigenvalue weighted by molar-refractivity contribution is 5.30. The highest BCUT2D eigenvalue weighted by atomic mass is 16.5. The van der Waals surface area contributed by atoms with Crippen LogP contribution in [0.1, 0.15) is 5.56 Å². The first kappa shape index (κ1) is 5.68. The van der Waals surface area contributed by atoms with Crippen LogP contribution < -0.4 is 10.1 Å². The van der Waals surface area contributed by atoms with Crippen molar-refractivity contribution >= 4 is 0 Å². The lowest BCUT2D eigenvalue weighted by molar-refractivity contribution is 0.256. The van der Waals surface area contributed by atoms with Crippen LogP contribution in [-0.4, -0.2) is 11.7 Å². The molecule has 1 aliphatic heterocycles. The minimum Gasteiger partial charge on any atom is -0.478 e. The van der Waals surface area contributed by atoms with Crippen molar-refractivity contribution in [2.75, 3.05) is 6.73 Å². The third kappa shape index (κ3) is 0.844. The molecule has 0 saturated heterocycles. The summed E-state index contributed by atoms with van der Waals surface area (Å²) in [6.07, 6.45) is 3.56. The molecule has 0 unspecified atom stereocenters. The smallest absolute Gasteiger partial charge is 0.139 e. The summed E-state index contributed by atoms with van der Waals surface area (Å²) in [7, 11) is 0. The molecule has 1 N–H and O–H groups in total. The molecule has 2 heterocycles. The van der Waals surface area contributed by atoms with Gasteiger partial charge in [0.25, 0.3) is 0 Å². The topological polar surface area (TPSA) is 34.2 Å². The Hall–Kier alpha value is -1.09. The molecule has 1 aliphatic rings. The van der Waals surface area contributed by atoms with Crippen LogP contribution in [0.5, 0.6) is 5.75 Å². The molecule has 2 rings (SSSR count). The summed E-state index contributed by atoms with van der Waals surface area (Å²) in [5.74, 6) is 0.953. The van der Waals surface area contributed by atoms with Crippen molar-refractivity contribution in [3.63, 3.8) is 0 Å². The van der Waals surface area contributed by atoms with Crippen molar-refractivity contribution in [3.8, 4) is 5.75 Å². The van der Waals surface area contributed by atoms with Gasteiger partial charge in [-0.15, -0.1) is 0 Å². The van der Waals surface area contributed by atoms with E-state index in [1.807, 2.05) is 12.3 Å². The Labute approximate surface area is 59.0 Å². The quantitative estimate of drug-likeness (QED) is 0.564. The number of nitrogens with zero attached hydrogens (tertiary/aromatic N) is 1. The zero-order valence-corrected chi connectivity index (χ0v) is 5.50. The van der Waals surface area contributed by atoms with Crippen LogP contribution in [0.2, 0.25) is 0 Å².